The zero-order chi connectivity index (χ0) is 12.1. The fourth-order valence-electron chi connectivity index (χ4n) is 1.67. The van der Waals surface area contributed by atoms with Crippen LogP contribution in [0.15, 0.2) is 60.7 Å². The van der Waals surface area contributed by atoms with E-state index in [9.17, 15) is 4.79 Å². The number of primary amides is 1. The average Bonchev–Trinajstić information content (AvgIpc) is 2.38. The third-order valence-corrected chi connectivity index (χ3v) is 2.52. The Morgan fingerprint density at radius 3 is 2.00 bits per heavy atom. The van der Waals surface area contributed by atoms with Crippen molar-refractivity contribution in [2.24, 2.45) is 5.73 Å². The van der Waals surface area contributed by atoms with E-state index in [0.29, 0.717) is 6.54 Å². The van der Waals surface area contributed by atoms with Gasteiger partial charge < -0.3 is 5.73 Å². The number of rotatable bonds is 3. The van der Waals surface area contributed by atoms with Crippen molar-refractivity contribution < 1.29 is 4.79 Å². The summed E-state index contributed by atoms with van der Waals surface area (Å²) in [4.78, 5) is 13.0. The van der Waals surface area contributed by atoms with E-state index >= 15 is 0 Å². The lowest BCUT2D eigenvalue weighted by molar-refractivity contribution is 0.253. The Kier molecular flexibility index (Phi) is 3.40. The second-order valence-electron chi connectivity index (χ2n) is 3.75. The summed E-state index contributed by atoms with van der Waals surface area (Å²) in [5.74, 6) is 0. The van der Waals surface area contributed by atoms with Crippen LogP contribution in [0.1, 0.15) is 5.56 Å². The van der Waals surface area contributed by atoms with Crippen LogP contribution in [0.5, 0.6) is 0 Å². The number of nitrogens with zero attached hydrogens (tertiary/aromatic N) is 1. The highest BCUT2D eigenvalue weighted by molar-refractivity contribution is 5.90. The second-order valence-corrected chi connectivity index (χ2v) is 3.75. The van der Waals surface area contributed by atoms with Crippen LogP contribution < -0.4 is 10.6 Å². The predicted octanol–water partition coefficient (Wildman–Crippen LogP) is 2.77. The fourth-order valence-corrected chi connectivity index (χ4v) is 1.67. The number of urea groups is 1. The third-order valence-electron chi connectivity index (χ3n) is 2.52. The quantitative estimate of drug-likeness (QED) is 0.859. The molecule has 0 saturated carbocycles. The van der Waals surface area contributed by atoms with Gasteiger partial charge in [0.15, 0.2) is 0 Å². The standard InChI is InChI=1S/C14H14N2O/c15-14(17)16(13-9-5-2-6-10-13)11-12-7-3-1-4-8-12/h1-10H,11H2,(H2,15,17). The third kappa shape index (κ3) is 2.84. The van der Waals surface area contributed by atoms with Gasteiger partial charge in [-0.25, -0.2) is 4.79 Å². The molecular formula is C14H14N2O. The Labute approximate surface area is 100 Å². The van der Waals surface area contributed by atoms with Crippen molar-refractivity contribution in [3.8, 4) is 0 Å². The summed E-state index contributed by atoms with van der Waals surface area (Å²) >= 11 is 0. The monoisotopic (exact) mass is 226 g/mol. The van der Waals surface area contributed by atoms with Gasteiger partial charge in [0.05, 0.1) is 6.54 Å². The first-order valence-corrected chi connectivity index (χ1v) is 5.43. The summed E-state index contributed by atoms with van der Waals surface area (Å²) in [7, 11) is 0. The number of hydrogen-bond acceptors (Lipinski definition) is 1. The van der Waals surface area contributed by atoms with Gasteiger partial charge in [-0.2, -0.15) is 0 Å². The predicted molar refractivity (Wildman–Crippen MR) is 68.7 cm³/mol. The van der Waals surface area contributed by atoms with Gasteiger partial charge in [-0.05, 0) is 17.7 Å². The number of amides is 2. The molecule has 0 atom stereocenters. The van der Waals surface area contributed by atoms with Gasteiger partial charge in [0.1, 0.15) is 0 Å². The maximum atomic E-state index is 11.5. The van der Waals surface area contributed by atoms with Gasteiger partial charge in [0.2, 0.25) is 0 Å². The summed E-state index contributed by atoms with van der Waals surface area (Å²) in [6, 6.07) is 18.7. The highest BCUT2D eigenvalue weighted by Gasteiger charge is 2.11. The lowest BCUT2D eigenvalue weighted by atomic mass is 10.2. The van der Waals surface area contributed by atoms with Crippen LogP contribution in [0.3, 0.4) is 0 Å². The molecular weight excluding hydrogens is 212 g/mol. The minimum absolute atomic E-state index is 0.444. The van der Waals surface area contributed by atoms with E-state index in [0.717, 1.165) is 11.3 Å². The molecule has 17 heavy (non-hydrogen) atoms. The minimum Gasteiger partial charge on any atom is -0.351 e. The Balaban J connectivity index is 2.23. The van der Waals surface area contributed by atoms with E-state index in [2.05, 4.69) is 0 Å². The van der Waals surface area contributed by atoms with Crippen molar-refractivity contribution in [2.75, 3.05) is 4.90 Å². The van der Waals surface area contributed by atoms with Crippen molar-refractivity contribution >= 4 is 11.7 Å². The van der Waals surface area contributed by atoms with Gasteiger partial charge >= 0.3 is 6.03 Å². The Hall–Kier alpha value is -2.29. The van der Waals surface area contributed by atoms with Crippen LogP contribution >= 0.6 is 0 Å². The molecule has 0 aliphatic rings. The lowest BCUT2D eigenvalue weighted by Gasteiger charge is -2.20. The molecule has 0 heterocycles. The van der Waals surface area contributed by atoms with Crippen molar-refractivity contribution in [1.82, 2.24) is 0 Å². The number of nitrogens with two attached hydrogens (primary N) is 1. The van der Waals surface area contributed by atoms with Crippen molar-refractivity contribution in [1.29, 1.82) is 0 Å². The fraction of sp³-hybridized carbons (Fsp3) is 0.0714. The number of carbonyl (C=O) groups excluding carboxylic acids is 1. The molecule has 0 aliphatic carbocycles. The molecule has 2 N–H and O–H groups in total. The summed E-state index contributed by atoms with van der Waals surface area (Å²) in [6.07, 6.45) is 0. The zero-order valence-electron chi connectivity index (χ0n) is 9.41. The summed E-state index contributed by atoms with van der Waals surface area (Å²) < 4.78 is 0. The summed E-state index contributed by atoms with van der Waals surface area (Å²) in [6.45, 7) is 0.486. The van der Waals surface area contributed by atoms with Crippen LogP contribution in [-0.4, -0.2) is 6.03 Å². The Bertz CT molecular complexity index is 482. The molecule has 3 heteroatoms. The molecule has 2 rings (SSSR count). The highest BCUT2D eigenvalue weighted by Crippen LogP contribution is 2.16. The first kappa shape index (κ1) is 11.2. The zero-order valence-corrected chi connectivity index (χ0v) is 9.41. The van der Waals surface area contributed by atoms with Gasteiger partial charge in [0, 0.05) is 5.69 Å². The molecule has 0 aliphatic heterocycles. The number of anilines is 1. The maximum absolute atomic E-state index is 11.5. The van der Waals surface area contributed by atoms with E-state index in [1.54, 1.807) is 4.90 Å². The largest absolute Gasteiger partial charge is 0.351 e. The van der Waals surface area contributed by atoms with Crippen LogP contribution in [0.4, 0.5) is 10.5 Å². The molecule has 86 valence electrons. The summed E-state index contributed by atoms with van der Waals surface area (Å²) in [5.41, 5.74) is 7.26. The van der Waals surface area contributed by atoms with Crippen molar-refractivity contribution in [3.05, 3.63) is 66.2 Å². The molecule has 2 aromatic carbocycles. The van der Waals surface area contributed by atoms with Gasteiger partial charge in [-0.3, -0.25) is 4.90 Å². The molecule has 0 fully saturated rings. The number of carbonyl (C=O) groups is 1. The summed E-state index contributed by atoms with van der Waals surface area (Å²) in [5, 5.41) is 0. The number of benzene rings is 2. The topological polar surface area (TPSA) is 46.3 Å². The smallest absolute Gasteiger partial charge is 0.319 e. The van der Waals surface area contributed by atoms with Gasteiger partial charge in [0.25, 0.3) is 0 Å². The van der Waals surface area contributed by atoms with E-state index < -0.39 is 6.03 Å². The molecule has 0 aromatic heterocycles. The van der Waals surface area contributed by atoms with Gasteiger partial charge in [-0.1, -0.05) is 48.5 Å². The van der Waals surface area contributed by atoms with E-state index in [4.69, 9.17) is 5.73 Å². The SMILES string of the molecule is NC(=O)N(Cc1ccccc1)c1ccccc1. The molecule has 3 nitrogen and oxygen atoms in total. The number of hydrogen-bond donors (Lipinski definition) is 1. The molecule has 0 bridgehead atoms. The molecule has 0 saturated heterocycles. The molecule has 0 spiro atoms. The Morgan fingerprint density at radius 1 is 0.941 bits per heavy atom. The first-order chi connectivity index (χ1) is 8.27. The maximum Gasteiger partial charge on any atom is 0.319 e. The van der Waals surface area contributed by atoms with Crippen LogP contribution in [0, 0.1) is 0 Å². The van der Waals surface area contributed by atoms with Crippen LogP contribution in [0.2, 0.25) is 0 Å². The first-order valence-electron chi connectivity index (χ1n) is 5.43. The van der Waals surface area contributed by atoms with E-state index in [-0.39, 0.29) is 0 Å². The number of para-hydroxylation sites is 1. The second kappa shape index (κ2) is 5.16. The van der Waals surface area contributed by atoms with E-state index in [1.165, 1.54) is 0 Å². The average molecular weight is 226 g/mol. The van der Waals surface area contributed by atoms with Gasteiger partial charge in [-0.15, -0.1) is 0 Å². The van der Waals surface area contributed by atoms with Crippen molar-refractivity contribution in [2.45, 2.75) is 6.54 Å². The normalized spacial score (nSPS) is 9.88. The molecule has 0 radical (unpaired) electrons. The molecule has 2 aromatic rings. The Morgan fingerprint density at radius 2 is 1.47 bits per heavy atom. The minimum atomic E-state index is -0.444. The van der Waals surface area contributed by atoms with E-state index in [1.807, 2.05) is 60.7 Å². The lowest BCUT2D eigenvalue weighted by Crippen LogP contribution is -2.35. The van der Waals surface area contributed by atoms with Crippen molar-refractivity contribution in [3.63, 3.8) is 0 Å². The molecule has 0 unspecified atom stereocenters. The molecule has 2 amide bonds. The van der Waals surface area contributed by atoms with Crippen LogP contribution in [-0.2, 0) is 6.54 Å². The van der Waals surface area contributed by atoms with Crippen LogP contribution in [0.25, 0.3) is 0 Å². The highest BCUT2D eigenvalue weighted by atomic mass is 16.2.